The highest BCUT2D eigenvalue weighted by molar-refractivity contribution is 7.25. The zero-order chi connectivity index (χ0) is 40.8. The first-order chi connectivity index (χ1) is 30.7. The second-order valence-corrected chi connectivity index (χ2v) is 17.4. The molecule has 0 saturated heterocycles. The summed E-state index contributed by atoms with van der Waals surface area (Å²) in [5, 5.41) is 2.47. The van der Waals surface area contributed by atoms with E-state index in [9.17, 15) is 0 Å². The van der Waals surface area contributed by atoms with Crippen LogP contribution in [0.3, 0.4) is 0 Å². The number of nitrogens with zero attached hydrogens (tertiary/aromatic N) is 3. The quantitative estimate of drug-likeness (QED) is 0.174. The van der Waals surface area contributed by atoms with Gasteiger partial charge in [-0.15, -0.1) is 11.3 Å². The van der Waals surface area contributed by atoms with E-state index in [-0.39, 0.29) is 5.41 Å². The van der Waals surface area contributed by atoms with Crippen LogP contribution in [0, 0.1) is 0 Å². The van der Waals surface area contributed by atoms with Gasteiger partial charge < -0.3 is 0 Å². The molecule has 288 valence electrons. The fraction of sp³-hybridized carbons (Fsp3) is 0.0172. The summed E-state index contributed by atoms with van der Waals surface area (Å²) in [5.41, 5.74) is 17.7. The average Bonchev–Trinajstić information content (AvgIpc) is 3.98. The number of fused-ring (bicyclic) bond motifs is 13. The molecule has 13 rings (SSSR count). The Morgan fingerprint density at radius 2 is 0.710 bits per heavy atom. The van der Waals surface area contributed by atoms with Crippen molar-refractivity contribution in [2.75, 3.05) is 0 Å². The topological polar surface area (TPSA) is 38.7 Å². The molecule has 11 aromatic rings. The number of hydrogen-bond acceptors (Lipinski definition) is 4. The number of benzene rings is 9. The first kappa shape index (κ1) is 35.0. The van der Waals surface area contributed by atoms with Gasteiger partial charge in [-0.25, -0.2) is 15.0 Å². The molecule has 0 fully saturated rings. The van der Waals surface area contributed by atoms with Gasteiger partial charge in [-0.1, -0.05) is 170 Å². The van der Waals surface area contributed by atoms with Crippen LogP contribution >= 0.6 is 11.3 Å². The van der Waals surface area contributed by atoms with Crippen molar-refractivity contribution in [3.05, 3.63) is 235 Å². The summed E-state index contributed by atoms with van der Waals surface area (Å²) >= 11 is 1.81. The van der Waals surface area contributed by atoms with Crippen LogP contribution in [0.15, 0.2) is 212 Å². The Morgan fingerprint density at radius 3 is 1.35 bits per heavy atom. The molecule has 0 saturated carbocycles. The van der Waals surface area contributed by atoms with Crippen molar-refractivity contribution < 1.29 is 0 Å². The smallest absolute Gasteiger partial charge is 0.164 e. The molecule has 9 aromatic carbocycles. The molecule has 62 heavy (non-hydrogen) atoms. The van der Waals surface area contributed by atoms with Gasteiger partial charge in [-0.05, 0) is 109 Å². The van der Waals surface area contributed by atoms with E-state index < -0.39 is 0 Å². The van der Waals surface area contributed by atoms with Crippen molar-refractivity contribution in [1.29, 1.82) is 0 Å². The first-order valence-corrected chi connectivity index (χ1v) is 21.9. The van der Waals surface area contributed by atoms with Gasteiger partial charge in [0.15, 0.2) is 17.5 Å². The van der Waals surface area contributed by atoms with Crippen molar-refractivity contribution in [3.8, 4) is 78.7 Å². The highest BCUT2D eigenvalue weighted by Crippen LogP contribution is 2.63. The molecular formula is C58H35N3S. The van der Waals surface area contributed by atoms with E-state index >= 15 is 0 Å². The van der Waals surface area contributed by atoms with Crippen LogP contribution in [0.5, 0.6) is 0 Å². The monoisotopic (exact) mass is 805 g/mol. The van der Waals surface area contributed by atoms with E-state index in [4.69, 9.17) is 15.0 Å². The molecule has 0 radical (unpaired) electrons. The second-order valence-electron chi connectivity index (χ2n) is 16.3. The normalized spacial score (nSPS) is 13.0. The van der Waals surface area contributed by atoms with Crippen LogP contribution in [0.2, 0.25) is 0 Å². The lowest BCUT2D eigenvalue weighted by Gasteiger charge is -2.30. The molecule has 1 spiro atoms. The van der Waals surface area contributed by atoms with E-state index in [0.717, 1.165) is 27.8 Å². The van der Waals surface area contributed by atoms with Gasteiger partial charge in [-0.2, -0.15) is 0 Å². The lowest BCUT2D eigenvalue weighted by Crippen LogP contribution is -2.25. The van der Waals surface area contributed by atoms with Crippen LogP contribution in [-0.2, 0) is 5.41 Å². The van der Waals surface area contributed by atoms with Crippen LogP contribution in [0.4, 0.5) is 0 Å². The van der Waals surface area contributed by atoms with Gasteiger partial charge in [0.05, 0.1) is 5.41 Å². The number of rotatable bonds is 5. The van der Waals surface area contributed by atoms with Crippen LogP contribution in [0.1, 0.15) is 22.3 Å². The third-order valence-electron chi connectivity index (χ3n) is 12.9. The Labute approximate surface area is 363 Å². The minimum Gasteiger partial charge on any atom is -0.208 e. The summed E-state index contributed by atoms with van der Waals surface area (Å²) in [4.78, 5) is 15.3. The largest absolute Gasteiger partial charge is 0.208 e. The minimum absolute atomic E-state index is 0.383. The fourth-order valence-electron chi connectivity index (χ4n) is 10.2. The molecule has 0 amide bonds. The zero-order valence-electron chi connectivity index (χ0n) is 33.5. The second kappa shape index (κ2) is 13.6. The summed E-state index contributed by atoms with van der Waals surface area (Å²) in [5.74, 6) is 1.95. The Morgan fingerprint density at radius 1 is 0.274 bits per heavy atom. The standard InChI is InChI=1S/C58H35N3S/c1-2-14-36(15-3-1)55-59-56(61-57(60-55)42-29-31-54-48(34-42)47-23-7-11-27-53(47)62-54)41-19-13-18-39(33-41)37-16-12-17-38(32-37)40-28-30-46-45-22-6-10-26-51(45)58(52(46)35-40)49-24-8-4-20-43(49)44-21-5-9-25-50(44)58/h1-35H. The molecule has 0 atom stereocenters. The van der Waals surface area contributed by atoms with Gasteiger partial charge in [0, 0.05) is 36.9 Å². The van der Waals surface area contributed by atoms with Crippen molar-refractivity contribution in [2.24, 2.45) is 0 Å². The number of hydrogen-bond donors (Lipinski definition) is 0. The summed E-state index contributed by atoms with van der Waals surface area (Å²) in [7, 11) is 0. The SMILES string of the molecule is c1ccc(-c2nc(-c3cccc(-c4cccc(-c5ccc6c(c5)C5(c7ccccc7-c7ccccc75)c5ccccc5-6)c4)c3)nc(-c3ccc4sc5ccccc5c4c3)n2)cc1. The molecule has 2 aliphatic carbocycles. The Kier molecular flexibility index (Phi) is 7.69. The molecule has 2 aromatic heterocycles. The maximum Gasteiger partial charge on any atom is 0.164 e. The predicted molar refractivity (Wildman–Crippen MR) is 256 cm³/mol. The summed E-state index contributed by atoms with van der Waals surface area (Å²) in [6.07, 6.45) is 0. The van der Waals surface area contributed by atoms with Crippen molar-refractivity contribution >= 4 is 31.5 Å². The molecular weight excluding hydrogens is 771 g/mol. The van der Waals surface area contributed by atoms with E-state index in [1.54, 1.807) is 0 Å². The van der Waals surface area contributed by atoms with Gasteiger partial charge in [0.1, 0.15) is 0 Å². The Hall–Kier alpha value is -7.79. The fourth-order valence-corrected chi connectivity index (χ4v) is 11.3. The van der Waals surface area contributed by atoms with Crippen LogP contribution in [-0.4, -0.2) is 15.0 Å². The molecule has 0 aliphatic heterocycles. The lowest BCUT2D eigenvalue weighted by atomic mass is 9.70. The van der Waals surface area contributed by atoms with E-state index in [2.05, 4.69) is 194 Å². The molecule has 0 bridgehead atoms. The van der Waals surface area contributed by atoms with Gasteiger partial charge in [0.2, 0.25) is 0 Å². The predicted octanol–water partition coefficient (Wildman–Crippen LogP) is 14.9. The molecule has 4 heteroatoms. The highest BCUT2D eigenvalue weighted by Gasteiger charge is 2.51. The zero-order valence-corrected chi connectivity index (χ0v) is 34.3. The minimum atomic E-state index is -0.383. The lowest BCUT2D eigenvalue weighted by molar-refractivity contribution is 0.794. The van der Waals surface area contributed by atoms with Crippen molar-refractivity contribution in [2.45, 2.75) is 5.41 Å². The number of thiophene rings is 1. The maximum atomic E-state index is 5.17. The molecule has 2 heterocycles. The van der Waals surface area contributed by atoms with Gasteiger partial charge >= 0.3 is 0 Å². The molecule has 3 nitrogen and oxygen atoms in total. The van der Waals surface area contributed by atoms with E-state index in [0.29, 0.717) is 17.5 Å². The third kappa shape index (κ3) is 5.20. The van der Waals surface area contributed by atoms with Gasteiger partial charge in [0.25, 0.3) is 0 Å². The Balaban J connectivity index is 0.918. The highest BCUT2D eigenvalue weighted by atomic mass is 32.1. The van der Waals surface area contributed by atoms with Crippen molar-refractivity contribution in [3.63, 3.8) is 0 Å². The van der Waals surface area contributed by atoms with Crippen molar-refractivity contribution in [1.82, 2.24) is 15.0 Å². The van der Waals surface area contributed by atoms with Gasteiger partial charge in [-0.3, -0.25) is 0 Å². The average molecular weight is 806 g/mol. The summed E-state index contributed by atoms with van der Waals surface area (Å²) in [6.45, 7) is 0. The third-order valence-corrected chi connectivity index (χ3v) is 14.1. The van der Waals surface area contributed by atoms with E-state index in [1.165, 1.54) is 75.8 Å². The summed E-state index contributed by atoms with van der Waals surface area (Å²) < 4.78 is 2.53. The molecule has 0 unspecified atom stereocenters. The van der Waals surface area contributed by atoms with Crippen LogP contribution in [0.25, 0.3) is 98.8 Å². The maximum absolute atomic E-state index is 5.17. The molecule has 2 aliphatic rings. The van der Waals surface area contributed by atoms with Crippen LogP contribution < -0.4 is 0 Å². The first-order valence-electron chi connectivity index (χ1n) is 21.1. The Bertz CT molecular complexity index is 3540. The van der Waals surface area contributed by atoms with E-state index in [1.807, 2.05) is 29.5 Å². The number of aromatic nitrogens is 3. The summed E-state index contributed by atoms with van der Waals surface area (Å²) in [6, 6.07) is 76.9. The molecule has 0 N–H and O–H groups in total.